The van der Waals surface area contributed by atoms with Crippen LogP contribution < -0.4 is 5.32 Å². The van der Waals surface area contributed by atoms with Crippen molar-refractivity contribution >= 4 is 33.3 Å². The van der Waals surface area contributed by atoms with Crippen LogP contribution in [0.4, 0.5) is 11.5 Å². The molecule has 0 atom stereocenters. The number of hydrogen-bond acceptors (Lipinski definition) is 4. The zero-order valence-electron chi connectivity index (χ0n) is 10.8. The second kappa shape index (κ2) is 5.28. The Morgan fingerprint density at radius 2 is 2.29 bits per heavy atom. The van der Waals surface area contributed by atoms with Gasteiger partial charge in [-0.05, 0) is 40.9 Å². The van der Waals surface area contributed by atoms with E-state index in [2.05, 4.69) is 26.2 Å². The normalized spacial score (nSPS) is 14.0. The first-order valence-electron chi connectivity index (χ1n) is 6.34. The SMILES string of the molecule is O=C(Nc1ncccc1Br)c1cc([N+](=O)[O-])cn1C1CC1. The first-order chi connectivity index (χ1) is 10.1. The average molecular weight is 351 g/mol. The topological polar surface area (TPSA) is 90.1 Å². The summed E-state index contributed by atoms with van der Waals surface area (Å²) in [5, 5.41) is 13.5. The van der Waals surface area contributed by atoms with Crippen molar-refractivity contribution in [3.8, 4) is 0 Å². The van der Waals surface area contributed by atoms with E-state index in [4.69, 9.17) is 0 Å². The number of carbonyl (C=O) groups excluding carboxylic acids is 1. The second-order valence-corrected chi connectivity index (χ2v) is 5.62. The van der Waals surface area contributed by atoms with Crippen molar-refractivity contribution < 1.29 is 9.72 Å². The lowest BCUT2D eigenvalue weighted by atomic mass is 10.3. The van der Waals surface area contributed by atoms with Gasteiger partial charge in [0.2, 0.25) is 0 Å². The molecule has 108 valence electrons. The van der Waals surface area contributed by atoms with Crippen LogP contribution in [0.3, 0.4) is 0 Å². The van der Waals surface area contributed by atoms with Gasteiger partial charge in [0.25, 0.3) is 11.6 Å². The predicted octanol–water partition coefficient (Wildman–Crippen LogP) is 3.14. The zero-order chi connectivity index (χ0) is 15.0. The number of nitrogens with one attached hydrogen (secondary N) is 1. The van der Waals surface area contributed by atoms with Crippen LogP contribution in [0.25, 0.3) is 0 Å². The summed E-state index contributed by atoms with van der Waals surface area (Å²) in [6.07, 6.45) is 4.83. The molecule has 0 bridgehead atoms. The Morgan fingerprint density at radius 1 is 1.52 bits per heavy atom. The van der Waals surface area contributed by atoms with Crippen molar-refractivity contribution in [3.63, 3.8) is 0 Å². The summed E-state index contributed by atoms with van der Waals surface area (Å²) < 4.78 is 2.32. The van der Waals surface area contributed by atoms with E-state index in [0.29, 0.717) is 10.3 Å². The lowest BCUT2D eigenvalue weighted by Crippen LogP contribution is -2.17. The van der Waals surface area contributed by atoms with E-state index in [0.717, 1.165) is 12.8 Å². The molecule has 0 radical (unpaired) electrons. The number of anilines is 1. The molecule has 0 saturated heterocycles. The second-order valence-electron chi connectivity index (χ2n) is 4.77. The highest BCUT2D eigenvalue weighted by molar-refractivity contribution is 9.10. The Labute approximate surface area is 128 Å². The minimum absolute atomic E-state index is 0.0767. The molecule has 1 aliphatic rings. The first kappa shape index (κ1) is 13.7. The molecule has 1 aliphatic carbocycles. The van der Waals surface area contributed by atoms with E-state index in [1.165, 1.54) is 12.3 Å². The number of rotatable bonds is 4. The van der Waals surface area contributed by atoms with Gasteiger partial charge in [-0.1, -0.05) is 0 Å². The van der Waals surface area contributed by atoms with Gasteiger partial charge in [-0.15, -0.1) is 0 Å². The molecule has 1 fully saturated rings. The molecular formula is C13H11BrN4O3. The molecule has 1 amide bonds. The molecular weight excluding hydrogens is 340 g/mol. The lowest BCUT2D eigenvalue weighted by Gasteiger charge is -2.08. The fraction of sp³-hybridized carbons (Fsp3) is 0.231. The summed E-state index contributed by atoms with van der Waals surface area (Å²) in [6, 6.07) is 4.96. The number of nitrogens with zero attached hydrogens (tertiary/aromatic N) is 3. The number of aromatic nitrogens is 2. The Kier molecular flexibility index (Phi) is 3.46. The summed E-state index contributed by atoms with van der Waals surface area (Å²) in [4.78, 5) is 26.8. The smallest absolute Gasteiger partial charge is 0.287 e. The van der Waals surface area contributed by atoms with Gasteiger partial charge < -0.3 is 9.88 Å². The van der Waals surface area contributed by atoms with Gasteiger partial charge >= 0.3 is 0 Å². The Bertz CT molecular complexity index is 724. The Morgan fingerprint density at radius 3 is 2.90 bits per heavy atom. The Hall–Kier alpha value is -2.22. The maximum Gasteiger partial charge on any atom is 0.287 e. The van der Waals surface area contributed by atoms with E-state index >= 15 is 0 Å². The summed E-state index contributed by atoms with van der Waals surface area (Å²) in [5.41, 5.74) is 0.203. The Balaban J connectivity index is 1.90. The highest BCUT2D eigenvalue weighted by atomic mass is 79.9. The van der Waals surface area contributed by atoms with E-state index < -0.39 is 10.8 Å². The standard InChI is InChI=1S/C13H11BrN4O3/c14-10-2-1-5-15-12(10)16-13(19)11-6-9(18(20)21)7-17(11)8-3-4-8/h1-2,5-8H,3-4H2,(H,15,16,19). The molecule has 0 unspecified atom stereocenters. The maximum absolute atomic E-state index is 12.3. The van der Waals surface area contributed by atoms with Crippen molar-refractivity contribution in [2.75, 3.05) is 5.32 Å². The van der Waals surface area contributed by atoms with Crippen LogP contribution in [0.1, 0.15) is 29.4 Å². The lowest BCUT2D eigenvalue weighted by molar-refractivity contribution is -0.384. The van der Waals surface area contributed by atoms with Gasteiger partial charge in [0, 0.05) is 18.3 Å². The molecule has 8 heteroatoms. The zero-order valence-corrected chi connectivity index (χ0v) is 12.4. The van der Waals surface area contributed by atoms with Crippen molar-refractivity contribution in [3.05, 3.63) is 50.9 Å². The van der Waals surface area contributed by atoms with E-state index in [1.54, 1.807) is 22.9 Å². The molecule has 2 heterocycles. The monoisotopic (exact) mass is 350 g/mol. The third-order valence-electron chi connectivity index (χ3n) is 3.21. The van der Waals surface area contributed by atoms with Crippen molar-refractivity contribution in [1.82, 2.24) is 9.55 Å². The van der Waals surface area contributed by atoms with E-state index in [-0.39, 0.29) is 17.4 Å². The third kappa shape index (κ3) is 2.80. The fourth-order valence-electron chi connectivity index (χ4n) is 2.05. The number of halogens is 1. The number of pyridine rings is 1. The molecule has 2 aromatic heterocycles. The van der Waals surface area contributed by atoms with Crippen molar-refractivity contribution in [2.45, 2.75) is 18.9 Å². The summed E-state index contributed by atoms with van der Waals surface area (Å²) in [5.74, 6) is -0.0249. The molecule has 0 aromatic carbocycles. The van der Waals surface area contributed by atoms with Crippen LogP contribution in [0.15, 0.2) is 35.1 Å². The van der Waals surface area contributed by atoms with Crippen LogP contribution >= 0.6 is 15.9 Å². The molecule has 0 aliphatic heterocycles. The molecule has 21 heavy (non-hydrogen) atoms. The molecule has 1 saturated carbocycles. The first-order valence-corrected chi connectivity index (χ1v) is 7.13. The maximum atomic E-state index is 12.3. The minimum atomic E-state index is -0.494. The highest BCUT2D eigenvalue weighted by Gasteiger charge is 2.30. The van der Waals surface area contributed by atoms with E-state index in [9.17, 15) is 14.9 Å². The number of hydrogen-bond donors (Lipinski definition) is 1. The predicted molar refractivity (Wildman–Crippen MR) is 79.2 cm³/mol. The van der Waals surface area contributed by atoms with Gasteiger partial charge in [-0.2, -0.15) is 0 Å². The molecule has 7 nitrogen and oxygen atoms in total. The summed E-state index contributed by atoms with van der Waals surface area (Å²) in [7, 11) is 0. The molecule has 2 aromatic rings. The molecule has 3 rings (SSSR count). The number of carbonyl (C=O) groups is 1. The van der Waals surface area contributed by atoms with Gasteiger partial charge in [-0.3, -0.25) is 14.9 Å². The van der Waals surface area contributed by atoms with Gasteiger partial charge in [-0.25, -0.2) is 4.98 Å². The van der Waals surface area contributed by atoms with Crippen molar-refractivity contribution in [1.29, 1.82) is 0 Å². The quantitative estimate of drug-likeness (QED) is 0.677. The number of nitro groups is 1. The largest absolute Gasteiger partial charge is 0.334 e. The number of amides is 1. The fourth-order valence-corrected chi connectivity index (χ4v) is 2.40. The van der Waals surface area contributed by atoms with Gasteiger partial charge in [0.05, 0.1) is 15.6 Å². The third-order valence-corrected chi connectivity index (χ3v) is 3.85. The van der Waals surface area contributed by atoms with Crippen LogP contribution in [0, 0.1) is 10.1 Å². The van der Waals surface area contributed by atoms with Crippen LogP contribution in [0.5, 0.6) is 0 Å². The van der Waals surface area contributed by atoms with Gasteiger partial charge in [0.15, 0.2) is 0 Å². The van der Waals surface area contributed by atoms with Crippen LogP contribution in [0.2, 0.25) is 0 Å². The van der Waals surface area contributed by atoms with E-state index in [1.807, 2.05) is 0 Å². The average Bonchev–Trinajstić information content (AvgIpc) is 3.19. The van der Waals surface area contributed by atoms with Crippen molar-refractivity contribution in [2.24, 2.45) is 0 Å². The summed E-state index contributed by atoms with van der Waals surface area (Å²) >= 11 is 3.29. The van der Waals surface area contributed by atoms with Gasteiger partial charge in [0.1, 0.15) is 11.5 Å². The minimum Gasteiger partial charge on any atom is -0.334 e. The van der Waals surface area contributed by atoms with Crippen LogP contribution in [-0.2, 0) is 0 Å². The highest BCUT2D eigenvalue weighted by Crippen LogP contribution is 2.38. The molecule has 1 N–H and O–H groups in total. The van der Waals surface area contributed by atoms with Crippen LogP contribution in [-0.4, -0.2) is 20.4 Å². The summed E-state index contributed by atoms with van der Waals surface area (Å²) in [6.45, 7) is 0. The molecule has 0 spiro atoms.